The summed E-state index contributed by atoms with van der Waals surface area (Å²) in [7, 11) is 2.88. The molecule has 0 radical (unpaired) electrons. The maximum absolute atomic E-state index is 13.0. The fourth-order valence-electron chi connectivity index (χ4n) is 3.94. The van der Waals surface area contributed by atoms with Gasteiger partial charge >= 0.3 is 6.16 Å². The Morgan fingerprint density at radius 1 is 1.12 bits per heavy atom. The van der Waals surface area contributed by atoms with Crippen molar-refractivity contribution in [1.29, 1.82) is 0 Å². The Hall–Kier alpha value is -3.30. The molecule has 2 fully saturated rings. The van der Waals surface area contributed by atoms with Gasteiger partial charge in [0.2, 0.25) is 5.91 Å². The number of ether oxygens (including phenoxy) is 2. The highest BCUT2D eigenvalue weighted by Crippen LogP contribution is 2.52. The highest BCUT2D eigenvalue weighted by atomic mass is 32.2. The number of hydrogen-bond donors (Lipinski definition) is 0. The molecule has 0 spiro atoms. The molecule has 2 saturated heterocycles. The normalized spacial score (nSPS) is 23.5. The van der Waals surface area contributed by atoms with Crippen LogP contribution in [0.5, 0.6) is 0 Å². The van der Waals surface area contributed by atoms with Crippen molar-refractivity contribution in [2.24, 2.45) is 0 Å². The second kappa shape index (κ2) is 9.90. The molecule has 4 rings (SSSR count). The average Bonchev–Trinajstić information content (AvgIpc) is 3.07. The van der Waals surface area contributed by atoms with E-state index in [0.29, 0.717) is 6.42 Å². The van der Waals surface area contributed by atoms with Crippen LogP contribution in [-0.4, -0.2) is 58.4 Å². The van der Waals surface area contributed by atoms with Gasteiger partial charge in [0.25, 0.3) is 5.91 Å². The van der Waals surface area contributed by atoms with Gasteiger partial charge in [-0.05, 0) is 18.1 Å². The number of carbonyl (C=O) groups excluding carboxylic acids is 3. The SMILES string of the molecule is CON(C)C(=O)/C=C/[C@]1(C)S[C@@H]2CC(=O)N2[C@H]1OC(=O)OC(c1ccccc1)c1ccccc1. The monoisotopic (exact) mass is 482 g/mol. The van der Waals surface area contributed by atoms with Crippen LogP contribution < -0.4 is 0 Å². The molecule has 0 saturated carbocycles. The maximum atomic E-state index is 13.0. The van der Waals surface area contributed by atoms with Gasteiger partial charge in [0.05, 0.1) is 23.7 Å². The van der Waals surface area contributed by atoms with E-state index in [0.717, 1.165) is 16.2 Å². The molecule has 2 aliphatic heterocycles. The van der Waals surface area contributed by atoms with E-state index in [1.54, 1.807) is 6.08 Å². The second-order valence-corrected chi connectivity index (χ2v) is 9.81. The molecule has 8 nitrogen and oxygen atoms in total. The van der Waals surface area contributed by atoms with Gasteiger partial charge in [-0.1, -0.05) is 66.7 Å². The number of carbonyl (C=O) groups is 3. The Bertz CT molecular complexity index is 1040. The molecule has 0 N–H and O–H groups in total. The molecule has 2 heterocycles. The van der Waals surface area contributed by atoms with Gasteiger partial charge in [0.15, 0.2) is 12.3 Å². The largest absolute Gasteiger partial charge is 0.511 e. The van der Waals surface area contributed by atoms with Crippen molar-refractivity contribution in [1.82, 2.24) is 9.96 Å². The second-order valence-electron chi connectivity index (χ2n) is 8.15. The van der Waals surface area contributed by atoms with Crippen LogP contribution in [0.1, 0.15) is 30.6 Å². The van der Waals surface area contributed by atoms with Crippen LogP contribution in [0, 0.1) is 0 Å². The number of rotatable bonds is 7. The predicted molar refractivity (Wildman–Crippen MR) is 126 cm³/mol. The summed E-state index contributed by atoms with van der Waals surface area (Å²) in [5, 5.41) is 0.947. The number of β-lactam (4-membered cyclic amide) rings is 1. The first-order chi connectivity index (χ1) is 16.3. The van der Waals surface area contributed by atoms with Crippen LogP contribution in [0.2, 0.25) is 0 Å². The van der Waals surface area contributed by atoms with Crippen LogP contribution in [0.15, 0.2) is 72.8 Å². The zero-order valence-electron chi connectivity index (χ0n) is 19.1. The summed E-state index contributed by atoms with van der Waals surface area (Å²) in [6, 6.07) is 18.7. The predicted octanol–water partition coefficient (Wildman–Crippen LogP) is 3.90. The third-order valence-electron chi connectivity index (χ3n) is 5.85. The van der Waals surface area contributed by atoms with Gasteiger partial charge in [-0.25, -0.2) is 9.86 Å². The van der Waals surface area contributed by atoms with Crippen molar-refractivity contribution in [3.63, 3.8) is 0 Å². The van der Waals surface area contributed by atoms with E-state index in [2.05, 4.69) is 0 Å². The minimum absolute atomic E-state index is 0.115. The first kappa shape index (κ1) is 23.8. The summed E-state index contributed by atoms with van der Waals surface area (Å²) in [6.07, 6.45) is 0.858. The standard InChI is InChI=1S/C25H26N2O6S/c1-25(15-14-19(28)26(2)31-3)23(27-20(29)16-21(27)34-25)33-24(30)32-22(17-10-6-4-7-11-17)18-12-8-5-9-13-18/h4-15,21-23H,16H2,1-3H3/b15-14+/t21-,23+,25+/m1/s1. The van der Waals surface area contributed by atoms with Crippen molar-refractivity contribution < 1.29 is 28.7 Å². The molecule has 9 heteroatoms. The van der Waals surface area contributed by atoms with E-state index >= 15 is 0 Å². The highest BCUT2D eigenvalue weighted by molar-refractivity contribution is 8.01. The average molecular weight is 483 g/mol. The third kappa shape index (κ3) is 4.80. The van der Waals surface area contributed by atoms with E-state index < -0.39 is 23.2 Å². The van der Waals surface area contributed by atoms with Crippen molar-refractivity contribution in [3.05, 3.63) is 83.9 Å². The number of fused-ring (bicyclic) bond motifs is 1. The van der Waals surface area contributed by atoms with Crippen molar-refractivity contribution in [2.45, 2.75) is 35.8 Å². The molecule has 3 atom stereocenters. The Morgan fingerprint density at radius 3 is 2.24 bits per heavy atom. The summed E-state index contributed by atoms with van der Waals surface area (Å²) < 4.78 is 10.7. The van der Waals surface area contributed by atoms with E-state index in [-0.39, 0.29) is 17.2 Å². The molecule has 34 heavy (non-hydrogen) atoms. The Balaban J connectivity index is 1.55. The van der Waals surface area contributed by atoms with E-state index in [1.807, 2.05) is 67.6 Å². The summed E-state index contributed by atoms with van der Waals surface area (Å²) in [5.74, 6) is -0.491. The molecule has 2 aliphatic rings. The van der Waals surface area contributed by atoms with Gasteiger partial charge in [-0.15, -0.1) is 11.8 Å². The molecule has 2 aromatic rings. The van der Waals surface area contributed by atoms with Gasteiger partial charge < -0.3 is 9.47 Å². The number of nitrogens with zero attached hydrogens (tertiary/aromatic N) is 2. The van der Waals surface area contributed by atoms with Gasteiger partial charge in [0, 0.05) is 13.1 Å². The number of hydroxylamine groups is 2. The molecule has 0 aliphatic carbocycles. The molecular formula is C25H26N2O6S. The zero-order valence-corrected chi connectivity index (χ0v) is 19.9. The number of amides is 2. The first-order valence-corrected chi connectivity index (χ1v) is 11.7. The number of likely N-dealkylation sites (N-methyl/N-ethyl adjacent to an activating group) is 1. The Labute approximate surface area is 202 Å². The van der Waals surface area contributed by atoms with Gasteiger partial charge in [0.1, 0.15) is 0 Å². The van der Waals surface area contributed by atoms with Crippen molar-refractivity contribution >= 4 is 29.7 Å². The lowest BCUT2D eigenvalue weighted by Crippen LogP contribution is -2.55. The smallest absolute Gasteiger partial charge is 0.421 e. The van der Waals surface area contributed by atoms with Crippen LogP contribution in [0.3, 0.4) is 0 Å². The summed E-state index contributed by atoms with van der Waals surface area (Å²) >= 11 is 1.46. The Kier molecular flexibility index (Phi) is 6.95. The minimum Gasteiger partial charge on any atom is -0.421 e. The maximum Gasteiger partial charge on any atom is 0.511 e. The summed E-state index contributed by atoms with van der Waals surface area (Å²) in [4.78, 5) is 44.0. The lowest BCUT2D eigenvalue weighted by molar-refractivity contribution is -0.162. The van der Waals surface area contributed by atoms with E-state index in [4.69, 9.17) is 14.3 Å². The van der Waals surface area contributed by atoms with Crippen LogP contribution in [0.4, 0.5) is 4.79 Å². The molecule has 0 bridgehead atoms. The third-order valence-corrected chi connectivity index (χ3v) is 7.36. The molecule has 2 aromatic carbocycles. The van der Waals surface area contributed by atoms with Crippen molar-refractivity contribution in [3.8, 4) is 0 Å². The molecule has 0 aromatic heterocycles. The van der Waals surface area contributed by atoms with Crippen molar-refractivity contribution in [2.75, 3.05) is 14.2 Å². The molecule has 0 unspecified atom stereocenters. The highest BCUT2D eigenvalue weighted by Gasteiger charge is 2.59. The Morgan fingerprint density at radius 2 is 1.71 bits per heavy atom. The summed E-state index contributed by atoms with van der Waals surface area (Å²) in [5.41, 5.74) is 1.58. The quantitative estimate of drug-likeness (QED) is 0.256. The lowest BCUT2D eigenvalue weighted by Gasteiger charge is -2.37. The molecule has 178 valence electrons. The fraction of sp³-hybridized carbons (Fsp3) is 0.320. The topological polar surface area (TPSA) is 85.4 Å². The van der Waals surface area contributed by atoms with E-state index in [1.165, 1.54) is 36.9 Å². The molecular weight excluding hydrogens is 456 g/mol. The minimum atomic E-state index is -0.916. The molecule has 2 amide bonds. The van der Waals surface area contributed by atoms with Crippen LogP contribution in [0.25, 0.3) is 0 Å². The van der Waals surface area contributed by atoms with Gasteiger partial charge in [-0.3, -0.25) is 19.3 Å². The van der Waals surface area contributed by atoms with Crippen LogP contribution in [-0.2, 0) is 23.9 Å². The zero-order chi connectivity index (χ0) is 24.3. The number of benzene rings is 2. The van der Waals surface area contributed by atoms with Crippen LogP contribution >= 0.6 is 11.8 Å². The lowest BCUT2D eigenvalue weighted by atomic mass is 10.0. The summed E-state index contributed by atoms with van der Waals surface area (Å²) in [6.45, 7) is 1.82. The fourth-order valence-corrected chi connectivity index (χ4v) is 5.51. The van der Waals surface area contributed by atoms with E-state index in [9.17, 15) is 14.4 Å². The first-order valence-electron chi connectivity index (χ1n) is 10.8. The number of hydrogen-bond acceptors (Lipinski definition) is 7. The number of thioether (sulfide) groups is 1. The van der Waals surface area contributed by atoms with Gasteiger partial charge in [-0.2, -0.15) is 0 Å².